The van der Waals surface area contributed by atoms with E-state index < -0.39 is 18.0 Å². The number of anilines is 1. The van der Waals surface area contributed by atoms with Crippen LogP contribution in [0.15, 0.2) is 52.6 Å². The number of hydrogen-bond donors (Lipinski definition) is 1. The highest BCUT2D eigenvalue weighted by atomic mass is 32.1. The molecule has 3 rings (SSSR count). The number of nitrogens with one attached hydrogen (secondary N) is 1. The quantitative estimate of drug-likeness (QED) is 0.428. The van der Waals surface area contributed by atoms with Gasteiger partial charge in [-0.15, -0.1) is 11.3 Å². The summed E-state index contributed by atoms with van der Waals surface area (Å²) in [5, 5.41) is 4.35. The Morgan fingerprint density at radius 1 is 1.10 bits per heavy atom. The minimum absolute atomic E-state index is 0.00721. The van der Waals surface area contributed by atoms with Gasteiger partial charge >= 0.3 is 5.97 Å². The molecule has 0 spiro atoms. The fourth-order valence-electron chi connectivity index (χ4n) is 3.02. The molecule has 9 heteroatoms. The number of para-hydroxylation sites is 1. The van der Waals surface area contributed by atoms with E-state index in [-0.39, 0.29) is 29.9 Å². The molecular weight excluding hydrogens is 418 g/mol. The Balaban J connectivity index is 1.63. The number of amides is 1. The molecule has 31 heavy (non-hydrogen) atoms. The normalized spacial score (nSPS) is 11.7. The minimum Gasteiger partial charge on any atom is -0.453 e. The molecule has 1 aromatic carbocycles. The van der Waals surface area contributed by atoms with Gasteiger partial charge in [0, 0.05) is 13.5 Å². The van der Waals surface area contributed by atoms with E-state index in [9.17, 15) is 19.2 Å². The Bertz CT molecular complexity index is 1150. The average Bonchev–Trinajstić information content (AvgIpc) is 3.36. The van der Waals surface area contributed by atoms with Crippen molar-refractivity contribution in [2.45, 2.75) is 32.8 Å². The number of esters is 1. The molecule has 8 nitrogen and oxygen atoms in total. The van der Waals surface area contributed by atoms with E-state index in [1.807, 2.05) is 18.2 Å². The number of Topliss-reactive ketones (excluding diaryl/α,β-unsaturated/α-hetero) is 1. The van der Waals surface area contributed by atoms with Gasteiger partial charge in [-0.2, -0.15) is 0 Å². The van der Waals surface area contributed by atoms with Crippen LogP contribution in [0.3, 0.4) is 0 Å². The Morgan fingerprint density at radius 3 is 2.45 bits per heavy atom. The highest BCUT2D eigenvalue weighted by Gasteiger charge is 2.23. The molecule has 3 aromatic rings. The summed E-state index contributed by atoms with van der Waals surface area (Å²) in [5.41, 5.74) is 0.947. The smallest absolute Gasteiger partial charge is 0.307 e. The van der Waals surface area contributed by atoms with Crippen molar-refractivity contribution in [3.63, 3.8) is 0 Å². The lowest BCUT2D eigenvalue weighted by atomic mass is 10.2. The topological polar surface area (TPSA) is 99.4 Å². The first kappa shape index (κ1) is 22.2. The molecule has 2 heterocycles. The first-order valence-electron chi connectivity index (χ1n) is 9.70. The van der Waals surface area contributed by atoms with Crippen LogP contribution in [0.25, 0.3) is 5.69 Å². The molecule has 0 bridgehead atoms. The van der Waals surface area contributed by atoms with Crippen molar-refractivity contribution in [2.24, 2.45) is 7.05 Å². The van der Waals surface area contributed by atoms with Crippen molar-refractivity contribution in [3.8, 4) is 5.69 Å². The molecule has 0 fully saturated rings. The van der Waals surface area contributed by atoms with Crippen LogP contribution in [0, 0.1) is 6.92 Å². The number of ether oxygens (including phenoxy) is 1. The maximum absolute atomic E-state index is 12.9. The van der Waals surface area contributed by atoms with E-state index in [0.29, 0.717) is 16.3 Å². The van der Waals surface area contributed by atoms with Gasteiger partial charge in [-0.3, -0.25) is 23.9 Å². The van der Waals surface area contributed by atoms with E-state index in [4.69, 9.17) is 4.74 Å². The molecule has 1 N–H and O–H groups in total. The number of thiophene rings is 1. The Labute approximate surface area is 183 Å². The number of carbonyl (C=O) groups excluding carboxylic acids is 3. The number of ketones is 1. The highest BCUT2D eigenvalue weighted by Crippen LogP contribution is 2.15. The van der Waals surface area contributed by atoms with Crippen LogP contribution in [0.1, 0.15) is 35.1 Å². The zero-order valence-electron chi connectivity index (χ0n) is 17.5. The van der Waals surface area contributed by atoms with E-state index >= 15 is 0 Å². The summed E-state index contributed by atoms with van der Waals surface area (Å²) < 4.78 is 8.22. The van der Waals surface area contributed by atoms with Crippen molar-refractivity contribution in [1.82, 2.24) is 9.36 Å². The summed E-state index contributed by atoms with van der Waals surface area (Å²) in [7, 11) is 1.72. The maximum Gasteiger partial charge on any atom is 0.307 e. The second-order valence-corrected chi connectivity index (χ2v) is 7.91. The van der Waals surface area contributed by atoms with Gasteiger partial charge in [0.25, 0.3) is 11.5 Å². The van der Waals surface area contributed by atoms with Crippen LogP contribution < -0.4 is 10.9 Å². The lowest BCUT2D eigenvalue weighted by Crippen LogP contribution is -2.32. The molecule has 0 saturated carbocycles. The van der Waals surface area contributed by atoms with Gasteiger partial charge in [-0.25, -0.2) is 4.68 Å². The fourth-order valence-corrected chi connectivity index (χ4v) is 3.72. The molecule has 0 radical (unpaired) electrons. The number of benzene rings is 1. The number of carbonyl (C=O) groups is 3. The Hall–Kier alpha value is -3.46. The molecule has 1 amide bonds. The standard InChI is InChI=1S/C22H23N3O5S/c1-14-20(22(29)25(24(14)3)16-8-5-4-6-9-16)23-21(28)15(2)30-19(27)12-11-17(26)18-10-7-13-31-18/h4-10,13,15H,11-12H2,1-3H3,(H,23,28)/t15-/m0/s1. The predicted molar refractivity (Wildman–Crippen MR) is 118 cm³/mol. The van der Waals surface area contributed by atoms with Crippen molar-refractivity contribution in [3.05, 3.63) is 68.8 Å². The van der Waals surface area contributed by atoms with Crippen LogP contribution >= 0.6 is 11.3 Å². The summed E-state index contributed by atoms with van der Waals surface area (Å²) in [6.45, 7) is 3.13. The monoisotopic (exact) mass is 441 g/mol. The van der Waals surface area contributed by atoms with E-state index in [1.165, 1.54) is 22.9 Å². The summed E-state index contributed by atoms with van der Waals surface area (Å²) in [5.74, 6) is -1.42. The molecular formula is C22H23N3O5S. The lowest BCUT2D eigenvalue weighted by Gasteiger charge is -2.12. The summed E-state index contributed by atoms with van der Waals surface area (Å²) >= 11 is 1.31. The molecule has 0 aliphatic heterocycles. The second kappa shape index (κ2) is 9.57. The third kappa shape index (κ3) is 5.00. The van der Waals surface area contributed by atoms with E-state index in [0.717, 1.165) is 0 Å². The summed E-state index contributed by atoms with van der Waals surface area (Å²) in [6, 6.07) is 12.5. The summed E-state index contributed by atoms with van der Waals surface area (Å²) in [4.78, 5) is 50.0. The number of nitrogens with zero attached hydrogens (tertiary/aromatic N) is 2. The predicted octanol–water partition coefficient (Wildman–Crippen LogP) is 3.08. The van der Waals surface area contributed by atoms with Gasteiger partial charge in [-0.05, 0) is 37.4 Å². The van der Waals surface area contributed by atoms with E-state index in [2.05, 4.69) is 5.32 Å². The largest absolute Gasteiger partial charge is 0.453 e. The van der Waals surface area contributed by atoms with Crippen LogP contribution in [0.2, 0.25) is 0 Å². The molecule has 1 atom stereocenters. The highest BCUT2D eigenvalue weighted by molar-refractivity contribution is 7.12. The van der Waals surface area contributed by atoms with Crippen LogP contribution in [-0.2, 0) is 21.4 Å². The van der Waals surface area contributed by atoms with Gasteiger partial charge in [-0.1, -0.05) is 24.3 Å². The molecule has 0 unspecified atom stereocenters. The number of rotatable bonds is 8. The van der Waals surface area contributed by atoms with Gasteiger partial charge in [0.05, 0.1) is 22.7 Å². The van der Waals surface area contributed by atoms with Gasteiger partial charge in [0.15, 0.2) is 11.9 Å². The van der Waals surface area contributed by atoms with Gasteiger partial charge in [0.2, 0.25) is 0 Å². The second-order valence-electron chi connectivity index (χ2n) is 6.96. The molecule has 0 saturated heterocycles. The third-order valence-electron chi connectivity index (χ3n) is 4.83. The van der Waals surface area contributed by atoms with Crippen LogP contribution in [0.4, 0.5) is 5.69 Å². The number of hydrogen-bond acceptors (Lipinski definition) is 6. The lowest BCUT2D eigenvalue weighted by molar-refractivity contribution is -0.153. The Kier molecular flexibility index (Phi) is 6.86. The molecule has 162 valence electrons. The van der Waals surface area contributed by atoms with Crippen LogP contribution in [0.5, 0.6) is 0 Å². The summed E-state index contributed by atoms with van der Waals surface area (Å²) in [6.07, 6.45) is -1.24. The zero-order valence-corrected chi connectivity index (χ0v) is 18.3. The number of aromatic nitrogens is 2. The van der Waals surface area contributed by atoms with Crippen LogP contribution in [-0.4, -0.2) is 33.1 Å². The third-order valence-corrected chi connectivity index (χ3v) is 5.74. The average molecular weight is 442 g/mol. The molecule has 0 aliphatic carbocycles. The van der Waals surface area contributed by atoms with Crippen molar-refractivity contribution in [2.75, 3.05) is 5.32 Å². The first-order chi connectivity index (χ1) is 14.8. The minimum atomic E-state index is -1.12. The van der Waals surface area contributed by atoms with Gasteiger partial charge < -0.3 is 10.1 Å². The molecule has 0 aliphatic rings. The molecule has 2 aromatic heterocycles. The van der Waals surface area contributed by atoms with Gasteiger partial charge in [0.1, 0.15) is 5.69 Å². The Morgan fingerprint density at radius 2 is 1.81 bits per heavy atom. The van der Waals surface area contributed by atoms with Crippen molar-refractivity contribution >= 4 is 34.7 Å². The first-order valence-corrected chi connectivity index (χ1v) is 10.6. The SMILES string of the molecule is Cc1c(NC(=O)[C@H](C)OC(=O)CCC(=O)c2cccs2)c(=O)n(-c2ccccc2)n1C. The fraction of sp³-hybridized carbons (Fsp3) is 0.273. The maximum atomic E-state index is 12.9. The zero-order chi connectivity index (χ0) is 22.5. The van der Waals surface area contributed by atoms with Crippen molar-refractivity contribution in [1.29, 1.82) is 0 Å². The van der Waals surface area contributed by atoms with E-state index in [1.54, 1.807) is 48.3 Å². The van der Waals surface area contributed by atoms with Crippen molar-refractivity contribution < 1.29 is 19.1 Å².